The predicted octanol–water partition coefficient (Wildman–Crippen LogP) is 2.48. The zero-order valence-corrected chi connectivity index (χ0v) is 12.1. The number of rotatable bonds is 8. The van der Waals surface area contributed by atoms with Gasteiger partial charge in [-0.25, -0.2) is 0 Å². The molecule has 3 nitrogen and oxygen atoms in total. The fourth-order valence-corrected chi connectivity index (χ4v) is 2.73. The first kappa shape index (κ1) is 14.5. The Hall–Kier alpha value is -0.930. The molecule has 19 heavy (non-hydrogen) atoms. The van der Waals surface area contributed by atoms with E-state index < -0.39 is 0 Å². The lowest BCUT2D eigenvalue weighted by atomic mass is 10.1. The van der Waals surface area contributed by atoms with Gasteiger partial charge in [0, 0.05) is 31.5 Å². The molecule has 1 N–H and O–H groups in total. The lowest BCUT2D eigenvalue weighted by molar-refractivity contribution is 0.248. The SMILES string of the molecule is CCCCN(CCc1cccnc1)CC1CCCN1. The molecule has 2 rings (SSSR count). The van der Waals surface area contributed by atoms with E-state index in [1.165, 1.54) is 50.9 Å². The van der Waals surface area contributed by atoms with Gasteiger partial charge in [0.2, 0.25) is 0 Å². The first-order valence-corrected chi connectivity index (χ1v) is 7.73. The molecular weight excluding hydrogens is 234 g/mol. The highest BCUT2D eigenvalue weighted by atomic mass is 15.1. The standard InChI is InChI=1S/C16H27N3/c1-2-3-11-19(14-16-7-5-10-18-16)12-8-15-6-4-9-17-13-15/h4,6,9,13,16,18H,2-3,5,7-8,10-12,14H2,1H3. The number of pyridine rings is 1. The second-order valence-electron chi connectivity index (χ2n) is 5.56. The van der Waals surface area contributed by atoms with Crippen molar-refractivity contribution in [3.05, 3.63) is 30.1 Å². The van der Waals surface area contributed by atoms with Crippen LogP contribution in [-0.2, 0) is 6.42 Å². The summed E-state index contributed by atoms with van der Waals surface area (Å²) in [4.78, 5) is 6.82. The number of hydrogen-bond donors (Lipinski definition) is 1. The topological polar surface area (TPSA) is 28.2 Å². The second-order valence-corrected chi connectivity index (χ2v) is 5.56. The fraction of sp³-hybridized carbons (Fsp3) is 0.688. The van der Waals surface area contributed by atoms with Crippen LogP contribution in [0.5, 0.6) is 0 Å². The maximum absolute atomic E-state index is 4.20. The summed E-state index contributed by atoms with van der Waals surface area (Å²) in [6.07, 6.45) is 10.2. The van der Waals surface area contributed by atoms with Crippen molar-refractivity contribution in [2.75, 3.05) is 26.2 Å². The van der Waals surface area contributed by atoms with E-state index in [1.807, 2.05) is 18.5 Å². The smallest absolute Gasteiger partial charge is 0.0300 e. The van der Waals surface area contributed by atoms with Gasteiger partial charge in [-0.1, -0.05) is 19.4 Å². The molecule has 106 valence electrons. The predicted molar refractivity (Wildman–Crippen MR) is 80.3 cm³/mol. The molecule has 0 aromatic carbocycles. The van der Waals surface area contributed by atoms with Crippen molar-refractivity contribution in [1.82, 2.24) is 15.2 Å². The lowest BCUT2D eigenvalue weighted by Gasteiger charge is -2.25. The summed E-state index contributed by atoms with van der Waals surface area (Å²) in [6, 6.07) is 4.93. The molecule has 0 saturated carbocycles. The van der Waals surface area contributed by atoms with Crippen molar-refractivity contribution in [3.8, 4) is 0 Å². The van der Waals surface area contributed by atoms with Gasteiger partial charge in [-0.2, -0.15) is 0 Å². The third-order valence-corrected chi connectivity index (χ3v) is 3.91. The molecule has 0 amide bonds. The Labute approximate surface area is 117 Å². The van der Waals surface area contributed by atoms with Crippen molar-refractivity contribution in [2.45, 2.75) is 45.1 Å². The van der Waals surface area contributed by atoms with Gasteiger partial charge in [0.25, 0.3) is 0 Å². The number of unbranched alkanes of at least 4 members (excludes halogenated alkanes) is 1. The van der Waals surface area contributed by atoms with E-state index in [0.717, 1.165) is 13.0 Å². The minimum absolute atomic E-state index is 0.714. The molecule has 1 saturated heterocycles. The molecule has 1 aromatic rings. The Bertz CT molecular complexity index is 333. The van der Waals surface area contributed by atoms with Gasteiger partial charge < -0.3 is 10.2 Å². The van der Waals surface area contributed by atoms with Crippen LogP contribution in [0, 0.1) is 0 Å². The molecule has 1 aliphatic rings. The van der Waals surface area contributed by atoms with Crippen molar-refractivity contribution in [3.63, 3.8) is 0 Å². The Morgan fingerprint density at radius 3 is 3.05 bits per heavy atom. The van der Waals surface area contributed by atoms with Gasteiger partial charge in [-0.15, -0.1) is 0 Å². The summed E-state index contributed by atoms with van der Waals surface area (Å²) >= 11 is 0. The average molecular weight is 261 g/mol. The van der Waals surface area contributed by atoms with Crippen LogP contribution in [0.4, 0.5) is 0 Å². The summed E-state index contributed by atoms with van der Waals surface area (Å²) in [6.45, 7) is 7.07. The third kappa shape index (κ3) is 5.29. The Morgan fingerprint density at radius 1 is 1.42 bits per heavy atom. The summed E-state index contributed by atoms with van der Waals surface area (Å²) in [7, 11) is 0. The van der Waals surface area contributed by atoms with Crippen LogP contribution in [0.3, 0.4) is 0 Å². The summed E-state index contributed by atoms with van der Waals surface area (Å²) in [5.74, 6) is 0. The third-order valence-electron chi connectivity index (χ3n) is 3.91. The lowest BCUT2D eigenvalue weighted by Crippen LogP contribution is -2.39. The molecule has 0 bridgehead atoms. The minimum Gasteiger partial charge on any atom is -0.313 e. The maximum atomic E-state index is 4.20. The van der Waals surface area contributed by atoms with Crippen molar-refractivity contribution in [2.24, 2.45) is 0 Å². The monoisotopic (exact) mass is 261 g/mol. The number of hydrogen-bond acceptors (Lipinski definition) is 3. The molecular formula is C16H27N3. The highest BCUT2D eigenvalue weighted by Gasteiger charge is 2.17. The van der Waals surface area contributed by atoms with Gasteiger partial charge in [-0.05, 0) is 50.4 Å². The van der Waals surface area contributed by atoms with Crippen LogP contribution >= 0.6 is 0 Å². The number of nitrogens with one attached hydrogen (secondary N) is 1. The summed E-state index contributed by atoms with van der Waals surface area (Å²) < 4.78 is 0. The molecule has 2 heterocycles. The van der Waals surface area contributed by atoms with Crippen molar-refractivity contribution < 1.29 is 0 Å². The van der Waals surface area contributed by atoms with E-state index in [0.29, 0.717) is 6.04 Å². The number of aromatic nitrogens is 1. The maximum Gasteiger partial charge on any atom is 0.0300 e. The molecule has 1 atom stereocenters. The molecule has 0 radical (unpaired) electrons. The Morgan fingerprint density at radius 2 is 2.37 bits per heavy atom. The van der Waals surface area contributed by atoms with Crippen LogP contribution in [0.1, 0.15) is 38.2 Å². The van der Waals surface area contributed by atoms with Gasteiger partial charge in [0.05, 0.1) is 0 Å². The molecule has 1 unspecified atom stereocenters. The van der Waals surface area contributed by atoms with E-state index in [1.54, 1.807) is 0 Å². The largest absolute Gasteiger partial charge is 0.313 e. The minimum atomic E-state index is 0.714. The van der Waals surface area contributed by atoms with Gasteiger partial charge >= 0.3 is 0 Å². The average Bonchev–Trinajstić information content (AvgIpc) is 2.96. The van der Waals surface area contributed by atoms with Crippen LogP contribution in [0.25, 0.3) is 0 Å². The molecule has 0 aliphatic carbocycles. The van der Waals surface area contributed by atoms with E-state index in [2.05, 4.69) is 28.2 Å². The van der Waals surface area contributed by atoms with E-state index in [4.69, 9.17) is 0 Å². The zero-order chi connectivity index (χ0) is 13.3. The van der Waals surface area contributed by atoms with Gasteiger partial charge in [0.1, 0.15) is 0 Å². The number of nitrogens with zero attached hydrogens (tertiary/aromatic N) is 2. The van der Waals surface area contributed by atoms with Crippen LogP contribution in [-0.4, -0.2) is 42.1 Å². The van der Waals surface area contributed by atoms with Crippen molar-refractivity contribution >= 4 is 0 Å². The van der Waals surface area contributed by atoms with Crippen LogP contribution < -0.4 is 5.32 Å². The normalized spacial score (nSPS) is 19.2. The van der Waals surface area contributed by atoms with Gasteiger partial charge in [-0.3, -0.25) is 4.98 Å². The van der Waals surface area contributed by atoms with Crippen LogP contribution in [0.2, 0.25) is 0 Å². The van der Waals surface area contributed by atoms with Gasteiger partial charge in [0.15, 0.2) is 0 Å². The molecule has 3 heteroatoms. The summed E-state index contributed by atoms with van der Waals surface area (Å²) in [5.41, 5.74) is 1.35. The molecule has 1 aliphatic heterocycles. The first-order chi connectivity index (χ1) is 9.38. The van der Waals surface area contributed by atoms with E-state index in [9.17, 15) is 0 Å². The van der Waals surface area contributed by atoms with Crippen molar-refractivity contribution in [1.29, 1.82) is 0 Å². The highest BCUT2D eigenvalue weighted by Crippen LogP contribution is 2.09. The van der Waals surface area contributed by atoms with E-state index >= 15 is 0 Å². The molecule has 1 aromatic heterocycles. The first-order valence-electron chi connectivity index (χ1n) is 7.73. The fourth-order valence-electron chi connectivity index (χ4n) is 2.73. The molecule has 1 fully saturated rings. The zero-order valence-electron chi connectivity index (χ0n) is 12.1. The quantitative estimate of drug-likeness (QED) is 0.779. The van der Waals surface area contributed by atoms with E-state index in [-0.39, 0.29) is 0 Å². The molecule has 0 spiro atoms. The highest BCUT2D eigenvalue weighted by molar-refractivity contribution is 5.08. The van der Waals surface area contributed by atoms with Crippen LogP contribution in [0.15, 0.2) is 24.5 Å². The second kappa shape index (κ2) is 8.28. The summed E-state index contributed by atoms with van der Waals surface area (Å²) in [5, 5.41) is 3.61. The Balaban J connectivity index is 1.78. The Kier molecular flexibility index (Phi) is 6.31.